The zero-order valence-corrected chi connectivity index (χ0v) is 12.6. The summed E-state index contributed by atoms with van der Waals surface area (Å²) < 4.78 is 1.71. The molecule has 2 aromatic rings. The second kappa shape index (κ2) is 5.38. The van der Waals surface area contributed by atoms with Gasteiger partial charge in [0.1, 0.15) is 5.15 Å². The molecule has 1 unspecified atom stereocenters. The Morgan fingerprint density at radius 3 is 2.67 bits per heavy atom. The minimum atomic E-state index is 0.176. The number of likely N-dealkylation sites (N-methyl/N-ethyl adjacent to an activating group) is 1. The molecule has 0 aliphatic rings. The Kier molecular flexibility index (Phi) is 4.04. The average molecular weight is 285 g/mol. The van der Waals surface area contributed by atoms with Gasteiger partial charge < -0.3 is 5.32 Å². The lowest BCUT2D eigenvalue weighted by Gasteiger charge is -2.13. The molecule has 0 amide bonds. The molecular weight excluding hydrogens is 268 g/mol. The standard InChI is InChI=1S/C12H17ClN4S/c1-7-9(12(13)17(4)16-7)5-10(14-3)11-6-18-8(2)15-11/h6,10,14H,5H2,1-4H3. The first-order valence-electron chi connectivity index (χ1n) is 5.80. The Balaban J connectivity index is 2.25. The number of aryl methyl sites for hydroxylation is 3. The first-order valence-corrected chi connectivity index (χ1v) is 7.06. The maximum absolute atomic E-state index is 6.26. The number of rotatable bonds is 4. The van der Waals surface area contributed by atoms with E-state index in [1.807, 2.05) is 27.9 Å². The van der Waals surface area contributed by atoms with Crippen LogP contribution in [0.2, 0.25) is 5.15 Å². The maximum Gasteiger partial charge on any atom is 0.130 e. The molecule has 1 atom stereocenters. The van der Waals surface area contributed by atoms with Crippen molar-refractivity contribution in [2.24, 2.45) is 7.05 Å². The van der Waals surface area contributed by atoms with Crippen LogP contribution in [0.25, 0.3) is 0 Å². The van der Waals surface area contributed by atoms with Crippen LogP contribution in [0.5, 0.6) is 0 Å². The molecule has 1 N–H and O–H groups in total. The van der Waals surface area contributed by atoms with Crippen LogP contribution in [0.3, 0.4) is 0 Å². The highest BCUT2D eigenvalue weighted by Gasteiger charge is 2.19. The molecule has 0 aromatic carbocycles. The normalized spacial score (nSPS) is 12.9. The van der Waals surface area contributed by atoms with E-state index < -0.39 is 0 Å². The zero-order chi connectivity index (χ0) is 13.3. The Morgan fingerprint density at radius 2 is 2.22 bits per heavy atom. The summed E-state index contributed by atoms with van der Waals surface area (Å²) in [5.74, 6) is 0. The van der Waals surface area contributed by atoms with E-state index >= 15 is 0 Å². The summed E-state index contributed by atoms with van der Waals surface area (Å²) in [6, 6.07) is 0.176. The van der Waals surface area contributed by atoms with E-state index in [0.717, 1.165) is 28.4 Å². The van der Waals surface area contributed by atoms with Gasteiger partial charge in [-0.15, -0.1) is 11.3 Å². The molecule has 2 heterocycles. The summed E-state index contributed by atoms with van der Waals surface area (Å²) in [6.07, 6.45) is 0.804. The molecule has 0 fully saturated rings. The molecule has 0 bridgehead atoms. The maximum atomic E-state index is 6.26. The minimum Gasteiger partial charge on any atom is -0.311 e. The lowest BCUT2D eigenvalue weighted by Crippen LogP contribution is -2.19. The van der Waals surface area contributed by atoms with Crippen LogP contribution in [0, 0.1) is 13.8 Å². The zero-order valence-electron chi connectivity index (χ0n) is 11.0. The van der Waals surface area contributed by atoms with Crippen molar-refractivity contribution in [3.63, 3.8) is 0 Å². The molecule has 0 saturated carbocycles. The molecule has 6 heteroatoms. The summed E-state index contributed by atoms with van der Waals surface area (Å²) in [5, 5.41) is 11.5. The van der Waals surface area contributed by atoms with Crippen LogP contribution in [0.15, 0.2) is 5.38 Å². The van der Waals surface area contributed by atoms with Gasteiger partial charge in [-0.2, -0.15) is 5.10 Å². The van der Waals surface area contributed by atoms with Crippen molar-refractivity contribution in [1.82, 2.24) is 20.1 Å². The fourth-order valence-electron chi connectivity index (χ4n) is 2.00. The Hall–Kier alpha value is -0.910. The number of hydrogen-bond acceptors (Lipinski definition) is 4. The molecule has 98 valence electrons. The third-order valence-electron chi connectivity index (χ3n) is 3.02. The van der Waals surface area contributed by atoms with Crippen molar-refractivity contribution in [2.75, 3.05) is 7.05 Å². The van der Waals surface area contributed by atoms with Crippen molar-refractivity contribution in [3.8, 4) is 0 Å². The summed E-state index contributed by atoms with van der Waals surface area (Å²) in [4.78, 5) is 4.53. The number of aromatic nitrogens is 3. The van der Waals surface area contributed by atoms with Crippen LogP contribution in [-0.4, -0.2) is 21.8 Å². The first kappa shape index (κ1) is 13.5. The van der Waals surface area contributed by atoms with Crippen LogP contribution >= 0.6 is 22.9 Å². The fraction of sp³-hybridized carbons (Fsp3) is 0.500. The summed E-state index contributed by atoms with van der Waals surface area (Å²) in [6.45, 7) is 4.00. The van der Waals surface area contributed by atoms with Gasteiger partial charge in [0.05, 0.1) is 22.4 Å². The number of hydrogen-bond donors (Lipinski definition) is 1. The van der Waals surface area contributed by atoms with E-state index in [0.29, 0.717) is 5.15 Å². The highest BCUT2D eigenvalue weighted by Crippen LogP contribution is 2.26. The van der Waals surface area contributed by atoms with Crippen LogP contribution in [0.1, 0.15) is 28.0 Å². The van der Waals surface area contributed by atoms with Gasteiger partial charge >= 0.3 is 0 Å². The molecule has 2 rings (SSSR count). The molecule has 4 nitrogen and oxygen atoms in total. The van der Waals surface area contributed by atoms with Gasteiger partial charge in [0, 0.05) is 18.0 Å². The molecule has 0 aliphatic heterocycles. The highest BCUT2D eigenvalue weighted by atomic mass is 35.5. The van der Waals surface area contributed by atoms with Gasteiger partial charge in [-0.05, 0) is 27.3 Å². The quantitative estimate of drug-likeness (QED) is 0.939. The number of thiazole rings is 1. The van der Waals surface area contributed by atoms with Crippen LogP contribution in [-0.2, 0) is 13.5 Å². The molecule has 18 heavy (non-hydrogen) atoms. The second-order valence-corrected chi connectivity index (χ2v) is 5.74. The lowest BCUT2D eigenvalue weighted by atomic mass is 10.1. The predicted molar refractivity (Wildman–Crippen MR) is 75.3 cm³/mol. The SMILES string of the molecule is CNC(Cc1c(C)nn(C)c1Cl)c1csc(C)n1. The average Bonchev–Trinajstić information content (AvgIpc) is 2.84. The topological polar surface area (TPSA) is 42.7 Å². The number of nitrogens with one attached hydrogen (secondary N) is 1. The largest absolute Gasteiger partial charge is 0.311 e. The fourth-order valence-corrected chi connectivity index (χ4v) is 2.92. The van der Waals surface area contributed by atoms with Crippen molar-refractivity contribution >= 4 is 22.9 Å². The molecular formula is C12H17ClN4S. The van der Waals surface area contributed by atoms with E-state index in [2.05, 4.69) is 20.8 Å². The summed E-state index contributed by atoms with van der Waals surface area (Å²) >= 11 is 7.93. The van der Waals surface area contributed by atoms with Crippen LogP contribution < -0.4 is 5.32 Å². The van der Waals surface area contributed by atoms with Crippen molar-refractivity contribution in [2.45, 2.75) is 26.3 Å². The van der Waals surface area contributed by atoms with E-state index in [1.54, 1.807) is 16.0 Å². The monoisotopic (exact) mass is 284 g/mol. The third kappa shape index (κ3) is 2.58. The second-order valence-electron chi connectivity index (χ2n) is 4.32. The van der Waals surface area contributed by atoms with Crippen molar-refractivity contribution in [1.29, 1.82) is 0 Å². The van der Waals surface area contributed by atoms with Gasteiger partial charge in [-0.1, -0.05) is 11.6 Å². The van der Waals surface area contributed by atoms with E-state index in [9.17, 15) is 0 Å². The number of halogens is 1. The van der Waals surface area contributed by atoms with E-state index in [4.69, 9.17) is 11.6 Å². The number of nitrogens with zero attached hydrogens (tertiary/aromatic N) is 3. The van der Waals surface area contributed by atoms with Gasteiger partial charge in [0.15, 0.2) is 0 Å². The Bertz CT molecular complexity index is 546. The Labute approximate surface area is 116 Å². The van der Waals surface area contributed by atoms with Gasteiger partial charge in [-0.25, -0.2) is 4.98 Å². The molecule has 0 saturated heterocycles. The summed E-state index contributed by atoms with van der Waals surface area (Å²) in [5.41, 5.74) is 3.14. The lowest BCUT2D eigenvalue weighted by molar-refractivity contribution is 0.577. The minimum absolute atomic E-state index is 0.176. The summed E-state index contributed by atoms with van der Waals surface area (Å²) in [7, 11) is 3.80. The van der Waals surface area contributed by atoms with Crippen molar-refractivity contribution < 1.29 is 0 Å². The first-order chi connectivity index (χ1) is 8.52. The molecule has 0 spiro atoms. The van der Waals surface area contributed by atoms with Gasteiger partial charge in [0.2, 0.25) is 0 Å². The Morgan fingerprint density at radius 1 is 1.50 bits per heavy atom. The van der Waals surface area contributed by atoms with Crippen LogP contribution in [0.4, 0.5) is 0 Å². The highest BCUT2D eigenvalue weighted by molar-refractivity contribution is 7.09. The molecule has 0 aliphatic carbocycles. The third-order valence-corrected chi connectivity index (χ3v) is 4.28. The molecule has 0 radical (unpaired) electrons. The smallest absolute Gasteiger partial charge is 0.130 e. The van der Waals surface area contributed by atoms with Gasteiger partial charge in [0.25, 0.3) is 0 Å². The van der Waals surface area contributed by atoms with E-state index in [-0.39, 0.29) is 6.04 Å². The molecule has 2 aromatic heterocycles. The predicted octanol–water partition coefficient (Wildman–Crippen LogP) is 2.65. The van der Waals surface area contributed by atoms with Crippen molar-refractivity contribution in [3.05, 3.63) is 32.5 Å². The van der Waals surface area contributed by atoms with Gasteiger partial charge in [-0.3, -0.25) is 4.68 Å². The van der Waals surface area contributed by atoms with E-state index in [1.165, 1.54) is 0 Å².